The van der Waals surface area contributed by atoms with Crippen molar-refractivity contribution in [3.8, 4) is 0 Å². The van der Waals surface area contributed by atoms with Gasteiger partial charge in [-0.25, -0.2) is 4.39 Å². The van der Waals surface area contributed by atoms with Crippen LogP contribution >= 0.6 is 11.6 Å². The van der Waals surface area contributed by atoms with Gasteiger partial charge in [0.1, 0.15) is 5.82 Å². The first kappa shape index (κ1) is 14.4. The second kappa shape index (κ2) is 5.35. The first-order valence-electron chi connectivity index (χ1n) is 5.27. The van der Waals surface area contributed by atoms with Crippen LogP contribution < -0.4 is 11.1 Å². The molecule has 0 aliphatic carbocycles. The fourth-order valence-electron chi connectivity index (χ4n) is 1.53. The van der Waals surface area contributed by atoms with Crippen molar-refractivity contribution in [2.24, 2.45) is 5.73 Å². The van der Waals surface area contributed by atoms with Gasteiger partial charge in [0.05, 0.1) is 5.56 Å². The summed E-state index contributed by atoms with van der Waals surface area (Å²) in [4.78, 5) is 22.7. The molecule has 3 N–H and O–H groups in total. The third-order valence-electron chi connectivity index (χ3n) is 2.24. The van der Waals surface area contributed by atoms with Gasteiger partial charge in [-0.05, 0) is 32.0 Å². The molecule has 1 rings (SSSR count). The monoisotopic (exact) mass is 272 g/mol. The Morgan fingerprint density at radius 2 is 2.06 bits per heavy atom. The van der Waals surface area contributed by atoms with Crippen molar-refractivity contribution in [3.05, 3.63) is 34.6 Å². The fourth-order valence-corrected chi connectivity index (χ4v) is 1.70. The molecule has 1 aromatic carbocycles. The molecular formula is C12H14ClFN2O2. The Hall–Kier alpha value is -1.62. The summed E-state index contributed by atoms with van der Waals surface area (Å²) in [7, 11) is 0. The van der Waals surface area contributed by atoms with Gasteiger partial charge in [0.25, 0.3) is 5.91 Å². The highest BCUT2D eigenvalue weighted by Crippen LogP contribution is 2.16. The van der Waals surface area contributed by atoms with Gasteiger partial charge in [-0.1, -0.05) is 11.6 Å². The highest BCUT2D eigenvalue weighted by Gasteiger charge is 2.24. The lowest BCUT2D eigenvalue weighted by Gasteiger charge is -2.24. The lowest BCUT2D eigenvalue weighted by Crippen LogP contribution is -2.46. The molecule has 6 heteroatoms. The van der Waals surface area contributed by atoms with Crippen LogP contribution in [-0.2, 0) is 4.79 Å². The number of benzene rings is 1. The van der Waals surface area contributed by atoms with Gasteiger partial charge in [-0.15, -0.1) is 0 Å². The number of primary amides is 1. The SMILES string of the molecule is CC(C)(CC(N)=O)NC(=O)c1cc(Cl)ccc1F. The van der Waals surface area contributed by atoms with Crippen molar-refractivity contribution < 1.29 is 14.0 Å². The van der Waals surface area contributed by atoms with Crippen molar-refractivity contribution in [1.29, 1.82) is 0 Å². The number of nitrogens with two attached hydrogens (primary N) is 1. The maximum atomic E-state index is 13.4. The van der Waals surface area contributed by atoms with E-state index in [2.05, 4.69) is 5.32 Å². The molecule has 0 saturated carbocycles. The summed E-state index contributed by atoms with van der Waals surface area (Å²) in [5.74, 6) is -1.86. The second-order valence-electron chi connectivity index (χ2n) is 4.61. The molecule has 0 aliphatic heterocycles. The van der Waals surface area contributed by atoms with E-state index in [1.807, 2.05) is 0 Å². The van der Waals surface area contributed by atoms with Crippen LogP contribution in [0, 0.1) is 5.82 Å². The van der Waals surface area contributed by atoms with Crippen molar-refractivity contribution in [2.45, 2.75) is 25.8 Å². The number of carbonyl (C=O) groups excluding carboxylic acids is 2. The maximum absolute atomic E-state index is 13.4. The summed E-state index contributed by atoms with van der Waals surface area (Å²) in [5.41, 5.74) is 4.05. The summed E-state index contributed by atoms with van der Waals surface area (Å²) in [6.07, 6.45) is -0.0407. The third kappa shape index (κ3) is 4.00. The fraction of sp³-hybridized carbons (Fsp3) is 0.333. The molecule has 0 aromatic heterocycles. The quantitative estimate of drug-likeness (QED) is 0.878. The number of nitrogens with one attached hydrogen (secondary N) is 1. The van der Waals surface area contributed by atoms with Gasteiger partial charge in [-0.2, -0.15) is 0 Å². The summed E-state index contributed by atoms with van der Waals surface area (Å²) in [5, 5.41) is 2.79. The molecule has 0 heterocycles. The van der Waals surface area contributed by atoms with Gasteiger partial charge in [0.2, 0.25) is 5.91 Å². The lowest BCUT2D eigenvalue weighted by molar-refractivity contribution is -0.119. The Labute approximate surface area is 109 Å². The van der Waals surface area contributed by atoms with Crippen LogP contribution in [0.5, 0.6) is 0 Å². The molecule has 0 bridgehead atoms. The van der Waals surface area contributed by atoms with Crippen molar-refractivity contribution in [3.63, 3.8) is 0 Å². The second-order valence-corrected chi connectivity index (χ2v) is 5.04. The summed E-state index contributed by atoms with van der Waals surface area (Å²) >= 11 is 5.70. The molecule has 0 atom stereocenters. The van der Waals surface area contributed by atoms with Crippen LogP contribution in [-0.4, -0.2) is 17.4 Å². The summed E-state index contributed by atoms with van der Waals surface area (Å²) in [6, 6.07) is 3.69. The highest BCUT2D eigenvalue weighted by atomic mass is 35.5. The van der Waals surface area contributed by atoms with Gasteiger partial charge in [0.15, 0.2) is 0 Å². The predicted octanol–water partition coefficient (Wildman–Crippen LogP) is 1.86. The molecule has 4 nitrogen and oxygen atoms in total. The number of carbonyl (C=O) groups is 2. The van der Waals surface area contributed by atoms with Crippen molar-refractivity contribution in [1.82, 2.24) is 5.32 Å². The molecule has 0 aliphatic rings. The zero-order valence-electron chi connectivity index (χ0n) is 10.1. The first-order chi connectivity index (χ1) is 8.21. The van der Waals surface area contributed by atoms with Crippen LogP contribution in [0.3, 0.4) is 0 Å². The van der Waals surface area contributed by atoms with E-state index in [4.69, 9.17) is 17.3 Å². The zero-order chi connectivity index (χ0) is 13.9. The van der Waals surface area contributed by atoms with E-state index in [1.165, 1.54) is 12.1 Å². The van der Waals surface area contributed by atoms with Crippen LogP contribution in [0.2, 0.25) is 5.02 Å². The number of hydrogen-bond acceptors (Lipinski definition) is 2. The molecule has 18 heavy (non-hydrogen) atoms. The largest absolute Gasteiger partial charge is 0.370 e. The van der Waals surface area contributed by atoms with Crippen molar-refractivity contribution >= 4 is 23.4 Å². The number of rotatable bonds is 4. The minimum Gasteiger partial charge on any atom is -0.370 e. The van der Waals surface area contributed by atoms with E-state index in [1.54, 1.807) is 13.8 Å². The Morgan fingerprint density at radius 1 is 1.44 bits per heavy atom. The molecule has 0 unspecified atom stereocenters. The van der Waals surface area contributed by atoms with Gasteiger partial charge in [-0.3, -0.25) is 9.59 Å². The van der Waals surface area contributed by atoms with E-state index < -0.39 is 23.2 Å². The molecule has 0 fully saturated rings. The summed E-state index contributed by atoms with van der Waals surface area (Å²) in [6.45, 7) is 3.25. The Morgan fingerprint density at radius 3 is 2.61 bits per heavy atom. The lowest BCUT2D eigenvalue weighted by atomic mass is 9.99. The third-order valence-corrected chi connectivity index (χ3v) is 2.48. The van der Waals surface area contributed by atoms with Crippen molar-refractivity contribution in [2.75, 3.05) is 0 Å². The molecule has 1 aromatic rings. The molecule has 0 radical (unpaired) electrons. The topological polar surface area (TPSA) is 72.2 Å². The maximum Gasteiger partial charge on any atom is 0.254 e. The Bertz CT molecular complexity index is 489. The predicted molar refractivity (Wildman–Crippen MR) is 66.8 cm³/mol. The van der Waals surface area contributed by atoms with E-state index in [-0.39, 0.29) is 17.0 Å². The Balaban J connectivity index is 2.88. The van der Waals surface area contributed by atoms with E-state index in [9.17, 15) is 14.0 Å². The average Bonchev–Trinajstić information content (AvgIpc) is 2.18. The van der Waals surface area contributed by atoms with Crippen LogP contribution in [0.1, 0.15) is 30.6 Å². The normalized spacial score (nSPS) is 11.1. The smallest absolute Gasteiger partial charge is 0.254 e. The number of amides is 2. The molecule has 0 saturated heterocycles. The zero-order valence-corrected chi connectivity index (χ0v) is 10.8. The Kier molecular flexibility index (Phi) is 4.29. The van der Waals surface area contributed by atoms with Gasteiger partial charge >= 0.3 is 0 Å². The minimum absolute atomic E-state index is 0.0407. The first-order valence-corrected chi connectivity index (χ1v) is 5.65. The summed E-state index contributed by atoms with van der Waals surface area (Å²) < 4.78 is 13.4. The molecule has 2 amide bonds. The van der Waals surface area contributed by atoms with E-state index >= 15 is 0 Å². The molecule has 0 spiro atoms. The van der Waals surface area contributed by atoms with Gasteiger partial charge < -0.3 is 11.1 Å². The molecule has 98 valence electrons. The van der Waals surface area contributed by atoms with Crippen LogP contribution in [0.4, 0.5) is 4.39 Å². The van der Waals surface area contributed by atoms with Crippen LogP contribution in [0.25, 0.3) is 0 Å². The highest BCUT2D eigenvalue weighted by molar-refractivity contribution is 6.31. The number of halogens is 2. The number of hydrogen-bond donors (Lipinski definition) is 2. The average molecular weight is 273 g/mol. The molecular weight excluding hydrogens is 259 g/mol. The van der Waals surface area contributed by atoms with Gasteiger partial charge in [0, 0.05) is 17.0 Å². The van der Waals surface area contributed by atoms with E-state index in [0.717, 1.165) is 6.07 Å². The standard InChI is InChI=1S/C12H14ClFN2O2/c1-12(2,6-10(15)17)16-11(18)8-5-7(13)3-4-9(8)14/h3-5H,6H2,1-2H3,(H2,15,17)(H,16,18). The van der Waals surface area contributed by atoms with E-state index in [0.29, 0.717) is 0 Å². The van der Waals surface area contributed by atoms with Crippen LogP contribution in [0.15, 0.2) is 18.2 Å². The minimum atomic E-state index is -0.850.